The van der Waals surface area contributed by atoms with Crippen LogP contribution >= 0.6 is 0 Å². The van der Waals surface area contributed by atoms with Gasteiger partial charge in [-0.3, -0.25) is 4.79 Å². The van der Waals surface area contributed by atoms with Crippen LogP contribution < -0.4 is 15.6 Å². The van der Waals surface area contributed by atoms with E-state index in [-0.39, 0.29) is 17.9 Å². The summed E-state index contributed by atoms with van der Waals surface area (Å²) in [7, 11) is -0.644. The molecule has 9 heteroatoms. The number of rotatable bonds is 6. The highest BCUT2D eigenvalue weighted by atomic mass is 16.7. The van der Waals surface area contributed by atoms with Crippen molar-refractivity contribution in [2.24, 2.45) is 0 Å². The van der Waals surface area contributed by atoms with Gasteiger partial charge in [0.25, 0.3) is 5.91 Å². The number of carbonyl (C=O) groups excluding carboxylic acids is 1. The van der Waals surface area contributed by atoms with Gasteiger partial charge in [0.2, 0.25) is 5.88 Å². The predicted molar refractivity (Wildman–Crippen MR) is 130 cm³/mol. The van der Waals surface area contributed by atoms with E-state index in [2.05, 4.69) is 15.5 Å². The molecule has 0 unspecified atom stereocenters. The molecule has 1 N–H and O–H groups in total. The Balaban J connectivity index is 1.64. The molecule has 0 saturated carbocycles. The second kappa shape index (κ2) is 8.89. The van der Waals surface area contributed by atoms with Crippen molar-refractivity contribution >= 4 is 24.3 Å². The number of benzene rings is 1. The van der Waals surface area contributed by atoms with E-state index in [4.69, 9.17) is 18.6 Å². The molecule has 0 atom stereocenters. The van der Waals surface area contributed by atoms with E-state index in [0.717, 1.165) is 5.56 Å². The van der Waals surface area contributed by atoms with Gasteiger partial charge in [-0.05, 0) is 60.6 Å². The third kappa shape index (κ3) is 4.58. The molecule has 34 heavy (non-hydrogen) atoms. The third-order valence-electron chi connectivity index (χ3n) is 6.11. The number of hydrogen-bond donors (Lipinski definition) is 1. The number of hydrogen-bond acceptors (Lipinski definition) is 7. The summed E-state index contributed by atoms with van der Waals surface area (Å²) in [4.78, 5) is 17.9. The molecular weight excluding hydrogens is 433 g/mol. The maximum absolute atomic E-state index is 13.3. The van der Waals surface area contributed by atoms with E-state index in [1.165, 1.54) is 0 Å². The summed E-state index contributed by atoms with van der Waals surface area (Å²) in [5, 5.41) is 7.01. The number of nitrogens with one attached hydrogen (secondary N) is 1. The molecule has 178 valence electrons. The maximum atomic E-state index is 13.3. The number of amides is 1. The molecule has 0 spiro atoms. The first-order valence-electron chi connectivity index (χ1n) is 11.3. The molecule has 1 aromatic carbocycles. The average molecular weight is 463 g/mol. The van der Waals surface area contributed by atoms with E-state index < -0.39 is 18.3 Å². The minimum atomic E-state index is -0.644. The molecule has 1 fully saturated rings. The number of ether oxygens (including phenoxy) is 1. The van der Waals surface area contributed by atoms with Crippen molar-refractivity contribution in [1.29, 1.82) is 0 Å². The molecule has 1 amide bonds. The van der Waals surface area contributed by atoms with Crippen molar-refractivity contribution in [2.75, 3.05) is 5.32 Å². The Hall–Kier alpha value is -3.17. The van der Waals surface area contributed by atoms with E-state index in [9.17, 15) is 4.79 Å². The predicted octanol–water partition coefficient (Wildman–Crippen LogP) is 4.38. The number of pyridine rings is 1. The Kier molecular flexibility index (Phi) is 6.27. The molecular formula is C25H30BN3O5. The van der Waals surface area contributed by atoms with Crippen LogP contribution in [0.4, 0.5) is 5.69 Å². The minimum absolute atomic E-state index is 0.158. The van der Waals surface area contributed by atoms with Crippen LogP contribution in [-0.2, 0) is 9.31 Å². The Morgan fingerprint density at radius 2 is 1.68 bits per heavy atom. The van der Waals surface area contributed by atoms with Crippen LogP contribution in [0.15, 0.2) is 47.0 Å². The van der Waals surface area contributed by atoms with Crippen LogP contribution in [0.5, 0.6) is 5.88 Å². The molecule has 0 radical (unpaired) electrons. The smallest absolute Gasteiger partial charge is 0.473 e. The van der Waals surface area contributed by atoms with Crippen LogP contribution in [0.2, 0.25) is 0 Å². The van der Waals surface area contributed by atoms with Gasteiger partial charge in [0.15, 0.2) is 0 Å². The first kappa shape index (κ1) is 24.0. The highest BCUT2D eigenvalue weighted by molar-refractivity contribution is 6.61. The molecule has 1 saturated heterocycles. The second-order valence-corrected chi connectivity index (χ2v) is 9.63. The van der Waals surface area contributed by atoms with Gasteiger partial charge in [0, 0.05) is 5.56 Å². The zero-order chi connectivity index (χ0) is 24.7. The fourth-order valence-electron chi connectivity index (χ4n) is 3.58. The van der Waals surface area contributed by atoms with Gasteiger partial charge in [-0.25, -0.2) is 4.98 Å². The molecule has 3 aromatic rings. The lowest BCUT2D eigenvalue weighted by molar-refractivity contribution is 0.00578. The molecule has 0 bridgehead atoms. The van der Waals surface area contributed by atoms with E-state index in [0.29, 0.717) is 28.3 Å². The summed E-state index contributed by atoms with van der Waals surface area (Å²) in [5.41, 5.74) is 1.63. The van der Waals surface area contributed by atoms with E-state index in [1.807, 2.05) is 71.9 Å². The molecule has 8 nitrogen and oxygen atoms in total. The number of anilines is 1. The van der Waals surface area contributed by atoms with Gasteiger partial charge in [0.1, 0.15) is 22.7 Å². The number of carbonyl (C=O) groups is 1. The van der Waals surface area contributed by atoms with Gasteiger partial charge in [-0.15, -0.1) is 0 Å². The Morgan fingerprint density at radius 1 is 1.03 bits per heavy atom. The maximum Gasteiger partial charge on any atom is 0.514 e. The number of nitrogens with zero attached hydrogens (tertiary/aromatic N) is 2. The van der Waals surface area contributed by atoms with Crippen molar-refractivity contribution in [3.05, 3.63) is 53.8 Å². The second-order valence-electron chi connectivity index (χ2n) is 9.63. The highest BCUT2D eigenvalue weighted by Crippen LogP contribution is 2.37. The van der Waals surface area contributed by atoms with Gasteiger partial charge in [0.05, 0.1) is 22.9 Å². The fourth-order valence-corrected chi connectivity index (χ4v) is 3.58. The average Bonchev–Trinajstić information content (AvgIpc) is 3.25. The van der Waals surface area contributed by atoms with Crippen LogP contribution in [0.3, 0.4) is 0 Å². The van der Waals surface area contributed by atoms with Gasteiger partial charge in [-0.2, -0.15) is 0 Å². The number of aromatic nitrogens is 2. The van der Waals surface area contributed by atoms with Gasteiger partial charge in [-0.1, -0.05) is 35.5 Å². The largest absolute Gasteiger partial charge is 0.514 e. The lowest BCUT2D eigenvalue weighted by Gasteiger charge is -2.32. The van der Waals surface area contributed by atoms with Crippen molar-refractivity contribution in [1.82, 2.24) is 10.1 Å². The fraction of sp³-hybridized carbons (Fsp3) is 0.400. The summed E-state index contributed by atoms with van der Waals surface area (Å²) in [5.74, 6) is 0.340. The van der Waals surface area contributed by atoms with Crippen molar-refractivity contribution in [2.45, 2.75) is 65.8 Å². The van der Waals surface area contributed by atoms with Gasteiger partial charge >= 0.3 is 7.12 Å². The SMILES string of the molecule is Cc1onc(-c2ccccc2)c1C(=O)Nc1ccc(B2OC(C)(C)C(C)(C)O2)nc1OC(C)C. The molecule has 3 heterocycles. The minimum Gasteiger partial charge on any atom is -0.473 e. The van der Waals surface area contributed by atoms with Gasteiger partial charge < -0.3 is 23.9 Å². The van der Waals surface area contributed by atoms with Crippen LogP contribution in [0.25, 0.3) is 11.3 Å². The highest BCUT2D eigenvalue weighted by Gasteiger charge is 2.52. The van der Waals surface area contributed by atoms with E-state index in [1.54, 1.807) is 19.1 Å². The quantitative estimate of drug-likeness (QED) is 0.542. The third-order valence-corrected chi connectivity index (χ3v) is 6.11. The summed E-state index contributed by atoms with van der Waals surface area (Å²) in [6, 6.07) is 12.9. The van der Waals surface area contributed by atoms with Crippen LogP contribution in [0, 0.1) is 6.92 Å². The molecule has 1 aliphatic heterocycles. The summed E-state index contributed by atoms with van der Waals surface area (Å²) >= 11 is 0. The Bertz CT molecular complexity index is 1170. The topological polar surface area (TPSA) is 95.7 Å². The Labute approximate surface area is 200 Å². The first-order chi connectivity index (χ1) is 16.0. The molecule has 4 rings (SSSR count). The monoisotopic (exact) mass is 463 g/mol. The summed E-state index contributed by atoms with van der Waals surface area (Å²) in [6.45, 7) is 13.4. The normalized spacial score (nSPS) is 16.6. The van der Waals surface area contributed by atoms with Crippen LogP contribution in [-0.4, -0.2) is 40.5 Å². The van der Waals surface area contributed by atoms with Crippen LogP contribution in [0.1, 0.15) is 57.7 Å². The summed E-state index contributed by atoms with van der Waals surface area (Å²) < 4.78 is 23.5. The van der Waals surface area contributed by atoms with Crippen molar-refractivity contribution in [3.8, 4) is 17.1 Å². The van der Waals surface area contributed by atoms with Crippen molar-refractivity contribution in [3.63, 3.8) is 0 Å². The summed E-state index contributed by atoms with van der Waals surface area (Å²) in [6.07, 6.45) is -0.158. The molecule has 0 aliphatic carbocycles. The lowest BCUT2D eigenvalue weighted by Crippen LogP contribution is -2.41. The first-order valence-corrected chi connectivity index (χ1v) is 11.3. The molecule has 2 aromatic heterocycles. The zero-order valence-corrected chi connectivity index (χ0v) is 20.6. The van der Waals surface area contributed by atoms with Crippen molar-refractivity contribution < 1.29 is 23.4 Å². The zero-order valence-electron chi connectivity index (χ0n) is 20.6. The number of aryl methyl sites for hydroxylation is 1. The standard InChI is InChI=1S/C25H30BN3O5/c1-15(2)31-23-18(13-14-19(28-23)26-33-24(4,5)25(6,7)34-26)27-22(30)20-16(3)32-29-21(20)17-11-9-8-10-12-17/h8-15H,1-7H3,(H,27,30). The Morgan fingerprint density at radius 3 is 2.29 bits per heavy atom. The van der Waals surface area contributed by atoms with E-state index >= 15 is 0 Å². The molecule has 1 aliphatic rings. The lowest BCUT2D eigenvalue weighted by atomic mass is 9.84.